The normalized spacial score (nSPS) is 25.7. The maximum absolute atomic E-state index is 11.8. The Labute approximate surface area is 143 Å². The van der Waals surface area contributed by atoms with Crippen LogP contribution in [0.4, 0.5) is 5.69 Å². The minimum Gasteiger partial charge on any atom is -0.369 e. The molecular weight excluding hydrogens is 306 g/mol. The summed E-state index contributed by atoms with van der Waals surface area (Å²) in [6.45, 7) is 8.41. The van der Waals surface area contributed by atoms with Gasteiger partial charge in [0.1, 0.15) is 4.99 Å². The molecule has 0 bridgehead atoms. The summed E-state index contributed by atoms with van der Waals surface area (Å²) in [7, 11) is 0. The first-order chi connectivity index (χ1) is 11.1. The summed E-state index contributed by atoms with van der Waals surface area (Å²) in [6, 6.07) is 8.73. The molecule has 2 aliphatic rings. The van der Waals surface area contributed by atoms with Gasteiger partial charge in [-0.05, 0) is 37.5 Å². The van der Waals surface area contributed by atoms with Crippen molar-refractivity contribution in [2.45, 2.75) is 38.1 Å². The highest BCUT2D eigenvalue weighted by Crippen LogP contribution is 2.37. The Hall–Kier alpha value is -1.20. The number of unbranched alkanes of at least 4 members (excludes halogenated alkanes) is 1. The van der Waals surface area contributed by atoms with Gasteiger partial charge in [-0.1, -0.05) is 25.5 Å². The maximum atomic E-state index is 11.8. The number of amides is 1. The molecule has 2 aliphatic heterocycles. The van der Waals surface area contributed by atoms with E-state index >= 15 is 0 Å². The molecule has 3 rings (SSSR count). The monoisotopic (exact) mass is 333 g/mol. The van der Waals surface area contributed by atoms with Gasteiger partial charge >= 0.3 is 0 Å². The fraction of sp³-hybridized carbons (Fsp3) is 0.611. The second kappa shape index (κ2) is 7.14. The Morgan fingerprint density at radius 3 is 2.65 bits per heavy atom. The Balaban J connectivity index is 1.66. The van der Waals surface area contributed by atoms with E-state index in [1.807, 2.05) is 0 Å². The Kier molecular flexibility index (Phi) is 5.17. The Bertz CT molecular complexity index is 557. The zero-order chi connectivity index (χ0) is 16.3. The number of hydrogen-bond acceptors (Lipinski definition) is 4. The molecule has 2 heterocycles. The Morgan fingerprint density at radius 2 is 2.04 bits per heavy atom. The lowest BCUT2D eigenvalue weighted by molar-refractivity contribution is -0.120. The van der Waals surface area contributed by atoms with E-state index in [-0.39, 0.29) is 10.9 Å². The number of benzene rings is 1. The molecule has 126 valence electrons. The quantitative estimate of drug-likeness (QED) is 0.899. The van der Waals surface area contributed by atoms with Gasteiger partial charge in [-0.25, -0.2) is 0 Å². The number of anilines is 1. The highest BCUT2D eigenvalue weighted by molar-refractivity contribution is 8.01. The van der Waals surface area contributed by atoms with Crippen LogP contribution in [0.3, 0.4) is 0 Å². The van der Waals surface area contributed by atoms with Crippen molar-refractivity contribution in [2.75, 3.05) is 36.8 Å². The fourth-order valence-corrected chi connectivity index (χ4v) is 4.79. The molecule has 1 aromatic carbocycles. The number of carbonyl (C=O) groups is 1. The van der Waals surface area contributed by atoms with E-state index in [9.17, 15) is 4.79 Å². The van der Waals surface area contributed by atoms with Gasteiger partial charge in [0.25, 0.3) is 0 Å². The van der Waals surface area contributed by atoms with Crippen molar-refractivity contribution in [2.24, 2.45) is 0 Å². The average molecular weight is 334 g/mol. The molecule has 2 saturated heterocycles. The highest BCUT2D eigenvalue weighted by atomic mass is 32.2. The van der Waals surface area contributed by atoms with Crippen molar-refractivity contribution in [3.63, 3.8) is 0 Å². The largest absolute Gasteiger partial charge is 0.369 e. The molecule has 2 fully saturated rings. The predicted octanol–water partition coefficient (Wildman–Crippen LogP) is 2.82. The summed E-state index contributed by atoms with van der Waals surface area (Å²) >= 11 is 1.79. The van der Waals surface area contributed by atoms with Crippen LogP contribution in [0.5, 0.6) is 0 Å². The summed E-state index contributed by atoms with van der Waals surface area (Å²) < 4.78 is 0. The molecule has 1 unspecified atom stereocenters. The van der Waals surface area contributed by atoms with Crippen molar-refractivity contribution in [3.8, 4) is 0 Å². The van der Waals surface area contributed by atoms with Crippen LogP contribution in [0.15, 0.2) is 24.3 Å². The molecular formula is C18H27N3OS. The van der Waals surface area contributed by atoms with Gasteiger partial charge < -0.3 is 10.2 Å². The molecule has 1 atom stereocenters. The third kappa shape index (κ3) is 3.66. The summed E-state index contributed by atoms with van der Waals surface area (Å²) in [5.41, 5.74) is 2.62. The summed E-state index contributed by atoms with van der Waals surface area (Å²) in [6.07, 6.45) is 3.37. The number of hydrogen-bond donors (Lipinski definition) is 1. The third-order valence-electron chi connectivity index (χ3n) is 4.80. The van der Waals surface area contributed by atoms with E-state index in [4.69, 9.17) is 0 Å². The van der Waals surface area contributed by atoms with Crippen molar-refractivity contribution >= 4 is 23.4 Å². The van der Waals surface area contributed by atoms with Crippen molar-refractivity contribution < 1.29 is 4.79 Å². The first kappa shape index (κ1) is 16.7. The second-order valence-electron chi connectivity index (χ2n) is 6.54. The van der Waals surface area contributed by atoms with E-state index in [1.54, 1.807) is 11.8 Å². The van der Waals surface area contributed by atoms with Crippen LogP contribution in [0.25, 0.3) is 0 Å². The van der Waals surface area contributed by atoms with Crippen LogP contribution in [0, 0.1) is 6.92 Å². The first-order valence-corrected chi connectivity index (χ1v) is 9.63. The molecule has 0 spiro atoms. The lowest BCUT2D eigenvalue weighted by atomic mass is 10.1. The zero-order valence-corrected chi connectivity index (χ0v) is 15.0. The van der Waals surface area contributed by atoms with Gasteiger partial charge in [0.2, 0.25) is 5.91 Å². The van der Waals surface area contributed by atoms with Crippen LogP contribution in [-0.4, -0.2) is 47.7 Å². The van der Waals surface area contributed by atoms with Crippen molar-refractivity contribution in [1.82, 2.24) is 10.2 Å². The number of thioether (sulfide) groups is 1. The SMILES string of the molecule is CCCCC1(N2CCN(c3cccc(C)c3)CC2)NC(=O)CS1. The van der Waals surface area contributed by atoms with Crippen molar-refractivity contribution in [1.29, 1.82) is 0 Å². The van der Waals surface area contributed by atoms with E-state index in [1.165, 1.54) is 17.7 Å². The third-order valence-corrected chi connectivity index (χ3v) is 6.25. The highest BCUT2D eigenvalue weighted by Gasteiger charge is 2.44. The summed E-state index contributed by atoms with van der Waals surface area (Å²) in [4.78, 5) is 16.6. The predicted molar refractivity (Wildman–Crippen MR) is 97.8 cm³/mol. The van der Waals surface area contributed by atoms with E-state index in [0.717, 1.165) is 39.0 Å². The van der Waals surface area contributed by atoms with Gasteiger partial charge in [0, 0.05) is 31.9 Å². The Morgan fingerprint density at radius 1 is 1.26 bits per heavy atom. The van der Waals surface area contributed by atoms with Crippen LogP contribution >= 0.6 is 11.8 Å². The molecule has 0 radical (unpaired) electrons. The van der Waals surface area contributed by atoms with E-state index in [0.29, 0.717) is 5.75 Å². The van der Waals surface area contributed by atoms with Crippen LogP contribution in [-0.2, 0) is 4.79 Å². The average Bonchev–Trinajstić information content (AvgIpc) is 2.95. The molecule has 23 heavy (non-hydrogen) atoms. The minimum absolute atomic E-state index is 0.161. The van der Waals surface area contributed by atoms with Gasteiger partial charge in [-0.15, -0.1) is 11.8 Å². The van der Waals surface area contributed by atoms with Crippen LogP contribution < -0.4 is 10.2 Å². The van der Waals surface area contributed by atoms with E-state index < -0.39 is 0 Å². The summed E-state index contributed by atoms with van der Waals surface area (Å²) in [5.74, 6) is 0.786. The molecule has 0 saturated carbocycles. The molecule has 0 aliphatic carbocycles. The number of carbonyl (C=O) groups excluding carboxylic acids is 1. The smallest absolute Gasteiger partial charge is 0.232 e. The van der Waals surface area contributed by atoms with Crippen LogP contribution in [0.1, 0.15) is 31.7 Å². The van der Waals surface area contributed by atoms with Gasteiger partial charge in [-0.2, -0.15) is 0 Å². The number of nitrogens with one attached hydrogen (secondary N) is 1. The molecule has 4 nitrogen and oxygen atoms in total. The lowest BCUT2D eigenvalue weighted by Crippen LogP contribution is -2.60. The second-order valence-corrected chi connectivity index (χ2v) is 7.79. The molecule has 1 amide bonds. The van der Waals surface area contributed by atoms with E-state index in [2.05, 4.69) is 53.2 Å². The fourth-order valence-electron chi connectivity index (χ4n) is 3.50. The number of nitrogens with zero attached hydrogens (tertiary/aromatic N) is 2. The van der Waals surface area contributed by atoms with Gasteiger partial charge in [-0.3, -0.25) is 9.69 Å². The number of piperazine rings is 1. The summed E-state index contributed by atoms with van der Waals surface area (Å²) in [5, 5.41) is 3.27. The maximum Gasteiger partial charge on any atom is 0.232 e. The van der Waals surface area contributed by atoms with Crippen molar-refractivity contribution in [3.05, 3.63) is 29.8 Å². The standard InChI is InChI=1S/C18H27N3OS/c1-3-4-8-18(19-17(22)14-23-18)21-11-9-20(10-12-21)16-7-5-6-15(2)13-16/h5-7,13H,3-4,8-12,14H2,1-2H3,(H,19,22). The van der Waals surface area contributed by atoms with Gasteiger partial charge in [0.05, 0.1) is 5.75 Å². The van der Waals surface area contributed by atoms with Crippen LogP contribution in [0.2, 0.25) is 0 Å². The number of aryl methyl sites for hydroxylation is 1. The molecule has 1 N–H and O–H groups in total. The zero-order valence-electron chi connectivity index (χ0n) is 14.2. The first-order valence-electron chi connectivity index (χ1n) is 8.64. The molecule has 1 aromatic rings. The van der Waals surface area contributed by atoms with Gasteiger partial charge in [0.15, 0.2) is 0 Å². The topological polar surface area (TPSA) is 35.6 Å². The minimum atomic E-state index is -0.161. The lowest BCUT2D eigenvalue weighted by Gasteiger charge is -2.45. The molecule has 5 heteroatoms. The molecule has 0 aromatic heterocycles. The number of rotatable bonds is 5.